The van der Waals surface area contributed by atoms with Crippen LogP contribution in [0.4, 0.5) is 65.9 Å². The lowest BCUT2D eigenvalue weighted by molar-refractivity contribution is -0.451. The zero-order valence-electron chi connectivity index (χ0n) is 15.8. The Labute approximate surface area is 173 Å². The van der Waals surface area contributed by atoms with Crippen LogP contribution in [0.5, 0.6) is 0 Å². The highest BCUT2D eigenvalue weighted by molar-refractivity contribution is 5.84. The molecule has 0 aromatic carbocycles. The van der Waals surface area contributed by atoms with E-state index in [2.05, 4.69) is 0 Å². The molecule has 0 heterocycles. The molecule has 2 atom stereocenters. The maximum absolute atomic E-state index is 13.6. The summed E-state index contributed by atoms with van der Waals surface area (Å²) in [6.07, 6.45) is -7.70. The predicted octanol–water partition coefficient (Wildman–Crippen LogP) is 4.83. The van der Waals surface area contributed by atoms with Crippen LogP contribution in [-0.4, -0.2) is 65.2 Å². The van der Waals surface area contributed by atoms with Crippen LogP contribution in [-0.2, 0) is 9.59 Å². The summed E-state index contributed by atoms with van der Waals surface area (Å²) in [6.45, 7) is -1.56. The Morgan fingerprint density at radius 2 is 0.970 bits per heavy atom. The van der Waals surface area contributed by atoms with Gasteiger partial charge in [0.1, 0.15) is 0 Å². The van der Waals surface area contributed by atoms with Crippen molar-refractivity contribution in [1.82, 2.24) is 5.32 Å². The second kappa shape index (κ2) is 8.59. The fraction of sp³-hybridized carbons (Fsp3) is 0.857. The van der Waals surface area contributed by atoms with Crippen molar-refractivity contribution in [2.75, 3.05) is 6.54 Å². The number of carbonyl (C=O) groups excluding carboxylic acids is 1. The first-order valence-corrected chi connectivity index (χ1v) is 7.99. The Morgan fingerprint density at radius 3 is 1.30 bits per heavy atom. The number of hydrogen-bond acceptors (Lipinski definition) is 2. The van der Waals surface area contributed by atoms with E-state index in [4.69, 9.17) is 5.11 Å². The summed E-state index contributed by atoms with van der Waals surface area (Å²) in [5, 5.41) is 9.37. The van der Waals surface area contributed by atoms with Gasteiger partial charge in [-0.15, -0.1) is 0 Å². The van der Waals surface area contributed by atoms with Gasteiger partial charge in [0.05, 0.1) is 12.5 Å². The molecule has 4 nitrogen and oxygen atoms in total. The van der Waals surface area contributed by atoms with Gasteiger partial charge in [0.2, 0.25) is 5.91 Å². The SMILES string of the molecule is CC(C(=O)O)C(C)C(=O)NCC(F)(F)C(F)(F)C(F)(F)C(F)(F)C(F)(F)C(F)(F)C(F)(F)F. The molecule has 33 heavy (non-hydrogen) atoms. The van der Waals surface area contributed by atoms with Crippen LogP contribution in [0, 0.1) is 11.8 Å². The van der Waals surface area contributed by atoms with Gasteiger partial charge in [0.15, 0.2) is 0 Å². The van der Waals surface area contributed by atoms with Gasteiger partial charge in [-0.2, -0.15) is 65.9 Å². The van der Waals surface area contributed by atoms with Crippen molar-refractivity contribution < 1.29 is 80.6 Å². The molecule has 1 amide bonds. The van der Waals surface area contributed by atoms with Crippen molar-refractivity contribution in [2.24, 2.45) is 11.8 Å². The lowest BCUT2D eigenvalue weighted by atomic mass is 9.90. The molecule has 0 aromatic rings. The number of alkyl halides is 15. The maximum atomic E-state index is 13.6. The van der Waals surface area contributed by atoms with E-state index in [1.54, 1.807) is 0 Å². The highest BCUT2D eigenvalue weighted by Crippen LogP contribution is 2.62. The summed E-state index contributed by atoms with van der Waals surface area (Å²) in [5.41, 5.74) is 0. The second-order valence-electron chi connectivity index (χ2n) is 6.71. The van der Waals surface area contributed by atoms with Gasteiger partial charge in [0, 0.05) is 5.92 Å². The van der Waals surface area contributed by atoms with Gasteiger partial charge in [-0.25, -0.2) is 0 Å². The minimum atomic E-state index is -8.42. The number of halogens is 15. The molecule has 0 radical (unpaired) electrons. The normalized spacial score (nSPS) is 16.9. The molecule has 0 aliphatic rings. The van der Waals surface area contributed by atoms with Gasteiger partial charge >= 0.3 is 47.7 Å². The molecule has 0 aliphatic carbocycles. The molecule has 0 spiro atoms. The zero-order chi connectivity index (χ0) is 27.2. The molecule has 2 unspecified atom stereocenters. The summed E-state index contributed by atoms with van der Waals surface area (Å²) < 4.78 is 195. The molecule has 196 valence electrons. The van der Waals surface area contributed by atoms with Crippen molar-refractivity contribution >= 4 is 11.9 Å². The smallest absolute Gasteiger partial charge is 0.460 e. The fourth-order valence-corrected chi connectivity index (χ4v) is 1.91. The summed E-state index contributed by atoms with van der Waals surface area (Å²) >= 11 is 0. The summed E-state index contributed by atoms with van der Waals surface area (Å²) in [4.78, 5) is 22.1. The van der Waals surface area contributed by atoms with Gasteiger partial charge in [-0.3, -0.25) is 9.59 Å². The van der Waals surface area contributed by atoms with Gasteiger partial charge < -0.3 is 10.4 Å². The van der Waals surface area contributed by atoms with Crippen molar-refractivity contribution in [1.29, 1.82) is 0 Å². The number of hydrogen-bond donors (Lipinski definition) is 2. The van der Waals surface area contributed by atoms with Crippen LogP contribution in [0.15, 0.2) is 0 Å². The topological polar surface area (TPSA) is 66.4 Å². The van der Waals surface area contributed by atoms with Crippen LogP contribution in [0.2, 0.25) is 0 Å². The molecule has 2 N–H and O–H groups in total. The molecule has 0 saturated carbocycles. The Kier molecular flexibility index (Phi) is 8.04. The first-order valence-electron chi connectivity index (χ1n) is 7.99. The standard InChI is InChI=1S/C14H12F15NO3/c1-4(5(2)7(32)33)6(31)30-3-8(15,16)9(17,18)10(19,20)11(21,22)12(23,24)13(25,26)14(27,28)29/h4-5H,3H2,1-2H3,(H,30,31)(H,32,33). The van der Waals surface area contributed by atoms with Gasteiger partial charge in [-0.05, 0) is 0 Å². The van der Waals surface area contributed by atoms with Crippen LogP contribution >= 0.6 is 0 Å². The number of carboxylic acid groups (broad SMARTS) is 1. The Hall–Kier alpha value is -2.11. The van der Waals surface area contributed by atoms with E-state index < -0.39 is 72.0 Å². The first-order chi connectivity index (χ1) is 14.1. The second-order valence-corrected chi connectivity index (χ2v) is 6.71. The number of rotatable bonds is 10. The van der Waals surface area contributed by atoms with E-state index >= 15 is 0 Å². The molecule has 19 heteroatoms. The van der Waals surface area contributed by atoms with Crippen LogP contribution in [0.1, 0.15) is 13.8 Å². The molecule has 0 saturated heterocycles. The van der Waals surface area contributed by atoms with Crippen molar-refractivity contribution in [3.8, 4) is 0 Å². The van der Waals surface area contributed by atoms with Crippen LogP contribution in [0.25, 0.3) is 0 Å². The van der Waals surface area contributed by atoms with Gasteiger partial charge in [0.25, 0.3) is 0 Å². The predicted molar refractivity (Wildman–Crippen MR) is 74.7 cm³/mol. The van der Waals surface area contributed by atoms with Crippen LogP contribution in [0.3, 0.4) is 0 Å². The minimum Gasteiger partial charge on any atom is -0.481 e. The van der Waals surface area contributed by atoms with E-state index in [-0.39, 0.29) is 0 Å². The lowest BCUT2D eigenvalue weighted by Crippen LogP contribution is -2.73. The number of nitrogens with one attached hydrogen (secondary N) is 1. The first kappa shape index (κ1) is 30.9. The van der Waals surface area contributed by atoms with Crippen molar-refractivity contribution in [3.05, 3.63) is 0 Å². The average Bonchev–Trinajstić information content (AvgIpc) is 2.62. The lowest BCUT2D eigenvalue weighted by Gasteiger charge is -2.41. The Bertz CT molecular complexity index is 747. The van der Waals surface area contributed by atoms with Gasteiger partial charge in [-0.1, -0.05) is 13.8 Å². The number of carboxylic acids is 1. The van der Waals surface area contributed by atoms with Crippen LogP contribution < -0.4 is 5.32 Å². The van der Waals surface area contributed by atoms with E-state index in [1.165, 1.54) is 0 Å². The Balaban J connectivity index is 6.14. The van der Waals surface area contributed by atoms with E-state index in [1.807, 2.05) is 0 Å². The molecule has 0 bridgehead atoms. The summed E-state index contributed by atoms with van der Waals surface area (Å²) in [7, 11) is 0. The number of amides is 1. The Morgan fingerprint density at radius 1 is 0.636 bits per heavy atom. The zero-order valence-corrected chi connectivity index (χ0v) is 15.8. The third-order valence-electron chi connectivity index (χ3n) is 4.43. The van der Waals surface area contributed by atoms with E-state index in [0.717, 1.165) is 12.2 Å². The molecular weight excluding hydrogens is 515 g/mol. The molecular formula is C14H12F15NO3. The quantitative estimate of drug-likeness (QED) is 0.400. The largest absolute Gasteiger partial charge is 0.481 e. The average molecular weight is 527 g/mol. The molecule has 0 rings (SSSR count). The molecule has 0 fully saturated rings. The third-order valence-corrected chi connectivity index (χ3v) is 4.43. The monoisotopic (exact) mass is 527 g/mol. The molecule has 0 aromatic heterocycles. The number of aliphatic carboxylic acids is 1. The van der Waals surface area contributed by atoms with Crippen molar-refractivity contribution in [2.45, 2.75) is 55.6 Å². The summed E-state index contributed by atoms with van der Waals surface area (Å²) in [5.74, 6) is -54.6. The number of carbonyl (C=O) groups is 2. The summed E-state index contributed by atoms with van der Waals surface area (Å²) in [6, 6.07) is 0. The highest BCUT2D eigenvalue weighted by Gasteiger charge is 2.93. The maximum Gasteiger partial charge on any atom is 0.460 e. The third kappa shape index (κ3) is 4.76. The van der Waals surface area contributed by atoms with Crippen molar-refractivity contribution in [3.63, 3.8) is 0 Å². The van der Waals surface area contributed by atoms with E-state index in [0.29, 0.717) is 6.92 Å². The highest BCUT2D eigenvalue weighted by atomic mass is 19.4. The molecule has 0 aliphatic heterocycles. The van der Waals surface area contributed by atoms with E-state index in [9.17, 15) is 75.4 Å². The minimum absolute atomic E-state index is 0.701. The fourth-order valence-electron chi connectivity index (χ4n) is 1.91.